The van der Waals surface area contributed by atoms with E-state index >= 15 is 0 Å². The molecule has 13 heteroatoms. The fourth-order valence-electron chi connectivity index (χ4n) is 3.83. The number of carboxylic acid groups (broad SMARTS) is 1. The van der Waals surface area contributed by atoms with Gasteiger partial charge in [0.2, 0.25) is 5.91 Å². The molecular weight excluding hydrogens is 497 g/mol. The number of carboxylic acids is 1. The number of esters is 1. The second-order valence-electron chi connectivity index (χ2n) is 8.09. The van der Waals surface area contributed by atoms with Crippen molar-refractivity contribution >= 4 is 29.8 Å². The van der Waals surface area contributed by atoms with Crippen molar-refractivity contribution in [2.24, 2.45) is 0 Å². The molecule has 2 aromatic carbocycles. The minimum Gasteiger partial charge on any atom is -0.544 e. The Morgan fingerprint density at radius 3 is 2.32 bits per heavy atom. The summed E-state index contributed by atoms with van der Waals surface area (Å²) in [5, 5.41) is 17.0. The Labute approximate surface area is 233 Å². The van der Waals surface area contributed by atoms with Crippen molar-refractivity contribution in [3.63, 3.8) is 0 Å². The van der Waals surface area contributed by atoms with Crippen molar-refractivity contribution in [1.29, 1.82) is 0 Å². The average molecular weight is 519 g/mol. The Hall–Kier alpha value is -3.45. The number of nitrogens with zero attached hydrogens (tertiary/aromatic N) is 1. The van der Waals surface area contributed by atoms with Crippen molar-refractivity contribution in [2.45, 2.75) is 37.3 Å². The molecule has 188 valence electrons. The molecule has 2 saturated heterocycles. The minimum atomic E-state index is -2.41. The second-order valence-corrected chi connectivity index (χ2v) is 8.09. The molecule has 3 amide bonds. The van der Waals surface area contributed by atoms with Crippen LogP contribution in [-0.2, 0) is 40.1 Å². The number of aliphatic carboxylic acids is 1. The van der Waals surface area contributed by atoms with Crippen LogP contribution < -0.4 is 45.3 Å². The van der Waals surface area contributed by atoms with Gasteiger partial charge in [-0.1, -0.05) is 60.7 Å². The zero-order valence-electron chi connectivity index (χ0n) is 19.9. The van der Waals surface area contributed by atoms with Gasteiger partial charge >= 0.3 is 41.6 Å². The van der Waals surface area contributed by atoms with E-state index in [0.717, 1.165) is 5.56 Å². The van der Waals surface area contributed by atoms with E-state index in [1.807, 2.05) is 6.07 Å². The predicted molar refractivity (Wildman–Crippen MR) is 117 cm³/mol. The Bertz CT molecular complexity index is 1160. The largest absolute Gasteiger partial charge is 1.00 e. The molecule has 0 aromatic heterocycles. The zero-order chi connectivity index (χ0) is 25.7. The summed E-state index contributed by atoms with van der Waals surface area (Å²) in [6, 6.07) is 14.6. The minimum absolute atomic E-state index is 0. The second kappa shape index (κ2) is 12.2. The SMILES string of the molecule is O=C1CCC(C(=O)[O-])(N2OC[C@H](NC(=O)[C@H](NC(=O)OCc3ccccc3)c3ccccc3)C2=O)O1.[Na+]. The first-order valence-electron chi connectivity index (χ1n) is 11.0. The molecule has 4 rings (SSSR count). The number of amides is 3. The summed E-state index contributed by atoms with van der Waals surface area (Å²) in [5.74, 6) is -4.36. The maximum atomic E-state index is 13.1. The number of nitrogens with one attached hydrogen (secondary N) is 2. The number of benzene rings is 2. The molecule has 0 saturated carbocycles. The quantitative estimate of drug-likeness (QED) is 0.269. The Kier molecular flexibility index (Phi) is 9.27. The number of alkyl carbamates (subject to hydrolysis) is 1. The molecular formula is C24H22N3NaO9. The van der Waals surface area contributed by atoms with Crippen LogP contribution in [0.3, 0.4) is 0 Å². The molecule has 2 N–H and O–H groups in total. The van der Waals surface area contributed by atoms with Gasteiger partial charge in [-0.15, -0.1) is 0 Å². The van der Waals surface area contributed by atoms with Crippen molar-refractivity contribution in [1.82, 2.24) is 15.7 Å². The molecule has 1 unspecified atom stereocenters. The zero-order valence-corrected chi connectivity index (χ0v) is 21.9. The van der Waals surface area contributed by atoms with Gasteiger partial charge in [0.25, 0.3) is 11.6 Å². The number of hydrogen-bond donors (Lipinski definition) is 2. The molecule has 3 atom stereocenters. The molecule has 0 radical (unpaired) electrons. The van der Waals surface area contributed by atoms with Crippen molar-refractivity contribution in [2.75, 3.05) is 6.61 Å². The predicted octanol–water partition coefficient (Wildman–Crippen LogP) is -3.30. The molecule has 2 heterocycles. The van der Waals surface area contributed by atoms with Crippen LogP contribution in [0.25, 0.3) is 0 Å². The number of carbonyl (C=O) groups is 5. The van der Waals surface area contributed by atoms with Gasteiger partial charge < -0.3 is 30.0 Å². The first-order valence-corrected chi connectivity index (χ1v) is 11.0. The topological polar surface area (TPSA) is 163 Å². The van der Waals surface area contributed by atoms with Gasteiger partial charge in [-0.2, -0.15) is 5.06 Å². The molecule has 12 nitrogen and oxygen atoms in total. The van der Waals surface area contributed by atoms with Gasteiger partial charge in [-0.25, -0.2) is 4.79 Å². The first-order chi connectivity index (χ1) is 17.3. The Morgan fingerprint density at radius 2 is 1.73 bits per heavy atom. The van der Waals surface area contributed by atoms with E-state index in [4.69, 9.17) is 14.3 Å². The summed E-state index contributed by atoms with van der Waals surface area (Å²) < 4.78 is 10.0. The first kappa shape index (κ1) is 28.1. The van der Waals surface area contributed by atoms with Gasteiger partial charge in [0.1, 0.15) is 31.3 Å². The van der Waals surface area contributed by atoms with Gasteiger partial charge in [-0.3, -0.25) is 19.2 Å². The molecule has 2 fully saturated rings. The van der Waals surface area contributed by atoms with Gasteiger partial charge in [0.05, 0.1) is 6.42 Å². The van der Waals surface area contributed by atoms with Crippen LogP contribution in [0, 0.1) is 0 Å². The van der Waals surface area contributed by atoms with Crippen LogP contribution in [-0.4, -0.2) is 53.3 Å². The normalized spacial score (nSPS) is 21.4. The smallest absolute Gasteiger partial charge is 0.544 e. The fraction of sp³-hybridized carbons (Fsp3) is 0.292. The average Bonchev–Trinajstić information content (AvgIpc) is 3.45. The van der Waals surface area contributed by atoms with E-state index in [2.05, 4.69) is 10.6 Å². The van der Waals surface area contributed by atoms with E-state index in [-0.39, 0.29) is 49.0 Å². The number of rotatable bonds is 8. The van der Waals surface area contributed by atoms with E-state index < -0.39 is 54.3 Å². The molecule has 2 aliphatic rings. The molecule has 0 bridgehead atoms. The summed E-state index contributed by atoms with van der Waals surface area (Å²) in [6.45, 7) is -0.444. The van der Waals surface area contributed by atoms with Gasteiger partial charge in [0, 0.05) is 6.42 Å². The van der Waals surface area contributed by atoms with Crippen LogP contribution in [0.5, 0.6) is 0 Å². The van der Waals surface area contributed by atoms with Gasteiger partial charge in [0.15, 0.2) is 0 Å². The van der Waals surface area contributed by atoms with Crippen LogP contribution in [0.2, 0.25) is 0 Å². The summed E-state index contributed by atoms with van der Waals surface area (Å²) in [7, 11) is 0. The van der Waals surface area contributed by atoms with Crippen LogP contribution in [0.4, 0.5) is 4.79 Å². The van der Waals surface area contributed by atoms with E-state index in [1.54, 1.807) is 54.6 Å². The van der Waals surface area contributed by atoms with E-state index in [1.165, 1.54) is 0 Å². The van der Waals surface area contributed by atoms with Crippen molar-refractivity contribution in [3.8, 4) is 0 Å². The van der Waals surface area contributed by atoms with E-state index in [0.29, 0.717) is 10.6 Å². The maximum absolute atomic E-state index is 13.1. The number of cyclic esters (lactones) is 1. The van der Waals surface area contributed by atoms with E-state index in [9.17, 15) is 29.1 Å². The monoisotopic (exact) mass is 519 g/mol. The number of ether oxygens (including phenoxy) is 2. The third kappa shape index (κ3) is 6.28. The third-order valence-corrected chi connectivity index (χ3v) is 5.65. The van der Waals surface area contributed by atoms with Crippen molar-refractivity contribution in [3.05, 3.63) is 71.8 Å². The molecule has 0 spiro atoms. The summed E-state index contributed by atoms with van der Waals surface area (Å²) in [6.07, 6.45) is -1.47. The van der Waals surface area contributed by atoms with Crippen LogP contribution in [0.15, 0.2) is 60.7 Å². The number of hydrogen-bond acceptors (Lipinski definition) is 9. The fourth-order valence-corrected chi connectivity index (χ4v) is 3.83. The third-order valence-electron chi connectivity index (χ3n) is 5.65. The summed E-state index contributed by atoms with van der Waals surface area (Å²) >= 11 is 0. The summed E-state index contributed by atoms with van der Waals surface area (Å²) in [5.41, 5.74) is -1.26. The summed E-state index contributed by atoms with van der Waals surface area (Å²) in [4.78, 5) is 66.9. The molecule has 2 aliphatic heterocycles. The maximum Gasteiger partial charge on any atom is 1.00 e. The standard InChI is InChI=1S/C24H23N3O9.Na/c28-18-11-12-24(36-18,22(31)32)27-21(30)17(14-35-27)25-20(29)19(16-9-5-2-6-10-16)26-23(33)34-13-15-7-3-1-4-8-15;/h1-10,17,19H,11-14H2,(H,25,29)(H,26,33)(H,31,32);/q;+1/p-1/t17-,19+,24?;/m0./s1. The molecule has 37 heavy (non-hydrogen) atoms. The van der Waals surface area contributed by atoms with Crippen molar-refractivity contribution < 1.29 is 72.9 Å². The van der Waals surface area contributed by atoms with Crippen LogP contribution >= 0.6 is 0 Å². The van der Waals surface area contributed by atoms with Gasteiger partial charge in [-0.05, 0) is 11.1 Å². The molecule has 0 aliphatic carbocycles. The number of hydroxylamine groups is 2. The Balaban J connectivity index is 0.00000380. The Morgan fingerprint density at radius 1 is 1.08 bits per heavy atom. The van der Waals surface area contributed by atoms with Crippen LogP contribution in [0.1, 0.15) is 30.0 Å². The molecule has 2 aromatic rings. The number of carbonyl (C=O) groups excluding carboxylic acids is 5.